The molecule has 1 aliphatic heterocycles. The number of hydrogen-bond donors (Lipinski definition) is 3. The molecule has 3 N–H and O–H groups in total. The fourth-order valence-corrected chi connectivity index (χ4v) is 3.70. The van der Waals surface area contributed by atoms with Crippen LogP contribution >= 0.6 is 0 Å². The number of hydrogen-bond acceptors (Lipinski definition) is 7. The first-order valence-corrected chi connectivity index (χ1v) is 10.0. The van der Waals surface area contributed by atoms with Crippen LogP contribution in [0.1, 0.15) is 12.0 Å². The Labute approximate surface area is 172 Å². The highest BCUT2D eigenvalue weighted by Crippen LogP contribution is 2.33. The molecule has 158 valence electrons. The second-order valence-electron chi connectivity index (χ2n) is 7.21. The summed E-state index contributed by atoms with van der Waals surface area (Å²) in [6, 6.07) is 10.7. The molecule has 7 nitrogen and oxygen atoms in total. The number of anilines is 1. The number of rotatable bonds is 9. The van der Waals surface area contributed by atoms with Crippen molar-refractivity contribution in [3.63, 3.8) is 0 Å². The number of phenolic OH excluding ortho intramolecular Hbond substituents is 2. The van der Waals surface area contributed by atoms with Gasteiger partial charge < -0.3 is 29.9 Å². The monoisotopic (exact) mass is 401 g/mol. The maximum Gasteiger partial charge on any atom is 0.130 e. The van der Waals surface area contributed by atoms with Crippen LogP contribution in [0.3, 0.4) is 0 Å². The molecule has 1 heterocycles. The highest BCUT2D eigenvalue weighted by atomic mass is 16.5. The van der Waals surface area contributed by atoms with E-state index >= 15 is 0 Å². The first-order valence-electron chi connectivity index (χ1n) is 10.0. The van der Waals surface area contributed by atoms with E-state index in [1.54, 1.807) is 32.4 Å². The predicted octanol–water partition coefficient (Wildman–Crippen LogP) is 2.42. The van der Waals surface area contributed by atoms with Crippen molar-refractivity contribution in [1.29, 1.82) is 0 Å². The predicted molar refractivity (Wildman–Crippen MR) is 114 cm³/mol. The van der Waals surface area contributed by atoms with Crippen LogP contribution < -0.4 is 19.7 Å². The van der Waals surface area contributed by atoms with Gasteiger partial charge in [-0.05, 0) is 31.6 Å². The van der Waals surface area contributed by atoms with E-state index in [2.05, 4.69) is 15.1 Å². The fourth-order valence-electron chi connectivity index (χ4n) is 3.70. The molecule has 2 aromatic carbocycles. The van der Waals surface area contributed by atoms with Crippen molar-refractivity contribution in [1.82, 2.24) is 10.2 Å². The van der Waals surface area contributed by atoms with Gasteiger partial charge in [0.05, 0.1) is 19.8 Å². The van der Waals surface area contributed by atoms with Crippen molar-refractivity contribution in [3.8, 4) is 23.0 Å². The van der Waals surface area contributed by atoms with Gasteiger partial charge in [-0.1, -0.05) is 6.07 Å². The summed E-state index contributed by atoms with van der Waals surface area (Å²) in [5, 5.41) is 22.8. The largest absolute Gasteiger partial charge is 0.508 e. The number of ether oxygens (including phenoxy) is 2. The maximum atomic E-state index is 9.74. The Kier molecular flexibility index (Phi) is 7.43. The molecule has 2 aromatic rings. The van der Waals surface area contributed by atoms with E-state index in [1.165, 1.54) is 0 Å². The van der Waals surface area contributed by atoms with Gasteiger partial charge in [0.2, 0.25) is 0 Å². The molecule has 1 saturated heterocycles. The summed E-state index contributed by atoms with van der Waals surface area (Å²) in [4.78, 5) is 4.79. The third kappa shape index (κ3) is 5.68. The number of nitrogens with one attached hydrogen (secondary N) is 1. The summed E-state index contributed by atoms with van der Waals surface area (Å²) in [7, 11) is 3.18. The molecule has 0 amide bonds. The van der Waals surface area contributed by atoms with E-state index in [0.717, 1.165) is 56.9 Å². The average molecular weight is 402 g/mol. The van der Waals surface area contributed by atoms with Crippen molar-refractivity contribution < 1.29 is 19.7 Å². The number of phenols is 2. The van der Waals surface area contributed by atoms with Crippen LogP contribution in [0.15, 0.2) is 36.4 Å². The molecule has 0 saturated carbocycles. The molecule has 0 bridgehead atoms. The summed E-state index contributed by atoms with van der Waals surface area (Å²) >= 11 is 0. The first kappa shape index (κ1) is 21.1. The average Bonchev–Trinajstić information content (AvgIpc) is 2.74. The third-order valence-electron chi connectivity index (χ3n) is 5.29. The lowest BCUT2D eigenvalue weighted by molar-refractivity contribution is 0.253. The number of nitrogens with zero attached hydrogens (tertiary/aromatic N) is 2. The summed E-state index contributed by atoms with van der Waals surface area (Å²) < 4.78 is 10.7. The lowest BCUT2D eigenvalue weighted by Crippen LogP contribution is -2.46. The molecule has 0 unspecified atom stereocenters. The highest BCUT2D eigenvalue weighted by Gasteiger charge is 2.17. The summed E-state index contributed by atoms with van der Waals surface area (Å²) in [5.74, 6) is 1.69. The molecule has 1 fully saturated rings. The van der Waals surface area contributed by atoms with Gasteiger partial charge in [0.15, 0.2) is 0 Å². The van der Waals surface area contributed by atoms with E-state index in [-0.39, 0.29) is 5.75 Å². The van der Waals surface area contributed by atoms with Gasteiger partial charge in [-0.25, -0.2) is 0 Å². The lowest BCUT2D eigenvalue weighted by atomic mass is 10.1. The molecular weight excluding hydrogens is 370 g/mol. The number of piperazine rings is 1. The van der Waals surface area contributed by atoms with E-state index in [0.29, 0.717) is 23.8 Å². The van der Waals surface area contributed by atoms with Crippen molar-refractivity contribution in [2.75, 3.05) is 58.4 Å². The van der Waals surface area contributed by atoms with Gasteiger partial charge in [-0.2, -0.15) is 0 Å². The molecule has 3 rings (SSSR count). The maximum absolute atomic E-state index is 9.74. The smallest absolute Gasteiger partial charge is 0.130 e. The minimum atomic E-state index is 0.132. The molecule has 0 radical (unpaired) electrons. The topological polar surface area (TPSA) is 77.4 Å². The van der Waals surface area contributed by atoms with Crippen molar-refractivity contribution in [2.45, 2.75) is 13.0 Å². The number of aromatic hydroxyl groups is 2. The van der Waals surface area contributed by atoms with E-state index in [9.17, 15) is 10.2 Å². The molecule has 0 aromatic heterocycles. The standard InChI is InChI=1S/C22H31N3O4/c1-28-21-14-19(27)15-22(29-2)20(21)16-23-7-4-8-24-9-11-25(12-10-24)17-5-3-6-18(26)13-17/h3,5-6,13-15,23,26-27H,4,7-12,16H2,1-2H3. The number of methoxy groups -OCH3 is 2. The summed E-state index contributed by atoms with van der Waals surface area (Å²) in [5.41, 5.74) is 2.00. The SMILES string of the molecule is COc1cc(O)cc(OC)c1CNCCCN1CCN(c2cccc(O)c2)CC1. The summed E-state index contributed by atoms with van der Waals surface area (Å²) in [6.07, 6.45) is 1.05. The van der Waals surface area contributed by atoms with E-state index in [4.69, 9.17) is 9.47 Å². The molecule has 0 spiro atoms. The minimum Gasteiger partial charge on any atom is -0.508 e. The normalized spacial score (nSPS) is 14.8. The van der Waals surface area contributed by atoms with Crippen LogP contribution in [0.2, 0.25) is 0 Å². The van der Waals surface area contributed by atoms with Gasteiger partial charge in [0, 0.05) is 56.6 Å². The third-order valence-corrected chi connectivity index (χ3v) is 5.29. The quantitative estimate of drug-likeness (QED) is 0.557. The van der Waals surface area contributed by atoms with Crippen LogP contribution in [-0.4, -0.2) is 68.6 Å². The molecular formula is C22H31N3O4. The van der Waals surface area contributed by atoms with Crippen LogP contribution in [0.4, 0.5) is 5.69 Å². The molecule has 1 aliphatic rings. The van der Waals surface area contributed by atoms with Crippen LogP contribution in [0.5, 0.6) is 23.0 Å². The van der Waals surface area contributed by atoms with Gasteiger partial charge in [-0.15, -0.1) is 0 Å². The Bertz CT molecular complexity index is 766. The Hall–Kier alpha value is -2.64. The second kappa shape index (κ2) is 10.2. The first-order chi connectivity index (χ1) is 14.1. The lowest BCUT2D eigenvalue weighted by Gasteiger charge is -2.36. The highest BCUT2D eigenvalue weighted by molar-refractivity contribution is 5.51. The van der Waals surface area contributed by atoms with Gasteiger partial charge in [0.25, 0.3) is 0 Å². The Balaban J connectivity index is 1.39. The molecule has 7 heteroatoms. The molecule has 0 atom stereocenters. The zero-order valence-corrected chi connectivity index (χ0v) is 17.2. The van der Waals surface area contributed by atoms with Gasteiger partial charge in [-0.3, -0.25) is 4.90 Å². The zero-order chi connectivity index (χ0) is 20.6. The zero-order valence-electron chi connectivity index (χ0n) is 17.2. The van der Waals surface area contributed by atoms with Crippen LogP contribution in [-0.2, 0) is 6.54 Å². The second-order valence-corrected chi connectivity index (χ2v) is 7.21. The van der Waals surface area contributed by atoms with E-state index < -0.39 is 0 Å². The van der Waals surface area contributed by atoms with Crippen LogP contribution in [0, 0.1) is 0 Å². The fraction of sp³-hybridized carbons (Fsp3) is 0.455. The van der Waals surface area contributed by atoms with Crippen molar-refractivity contribution in [2.24, 2.45) is 0 Å². The van der Waals surface area contributed by atoms with Gasteiger partial charge >= 0.3 is 0 Å². The van der Waals surface area contributed by atoms with Crippen molar-refractivity contribution >= 4 is 5.69 Å². The van der Waals surface area contributed by atoms with Crippen LogP contribution in [0.25, 0.3) is 0 Å². The Morgan fingerprint density at radius 3 is 2.24 bits per heavy atom. The Morgan fingerprint density at radius 1 is 0.931 bits per heavy atom. The summed E-state index contributed by atoms with van der Waals surface area (Å²) in [6.45, 7) is 6.55. The van der Waals surface area contributed by atoms with Crippen molar-refractivity contribution in [3.05, 3.63) is 42.0 Å². The minimum absolute atomic E-state index is 0.132. The molecule has 29 heavy (non-hydrogen) atoms. The van der Waals surface area contributed by atoms with E-state index in [1.807, 2.05) is 18.2 Å². The number of benzene rings is 2. The van der Waals surface area contributed by atoms with Gasteiger partial charge in [0.1, 0.15) is 23.0 Å². The molecule has 0 aliphatic carbocycles. The Morgan fingerprint density at radius 2 is 1.62 bits per heavy atom.